The predicted octanol–water partition coefficient (Wildman–Crippen LogP) is 3.89. The van der Waals surface area contributed by atoms with Gasteiger partial charge in [-0.1, -0.05) is 34.5 Å². The molecule has 2 rings (SSSR count). The zero-order chi connectivity index (χ0) is 12.6. The van der Waals surface area contributed by atoms with E-state index < -0.39 is 0 Å². The van der Waals surface area contributed by atoms with Crippen LogP contribution in [-0.2, 0) is 6.54 Å². The molecule has 0 saturated heterocycles. The Morgan fingerprint density at radius 3 is 2.94 bits per heavy atom. The molecule has 3 heteroatoms. The topological polar surface area (TPSA) is 24.9 Å². The molecule has 1 aromatic heterocycles. The molecule has 0 saturated carbocycles. The van der Waals surface area contributed by atoms with Crippen molar-refractivity contribution in [1.82, 2.24) is 10.3 Å². The van der Waals surface area contributed by atoms with Crippen molar-refractivity contribution in [3.8, 4) is 0 Å². The molecule has 0 atom stereocenters. The fourth-order valence-electron chi connectivity index (χ4n) is 1.99. The summed E-state index contributed by atoms with van der Waals surface area (Å²) >= 11 is 3.45. The summed E-state index contributed by atoms with van der Waals surface area (Å²) in [5.74, 6) is 0. The third-order valence-corrected chi connectivity index (χ3v) is 3.54. The molecule has 0 bridgehead atoms. The van der Waals surface area contributed by atoms with E-state index in [0.29, 0.717) is 0 Å². The van der Waals surface area contributed by atoms with Crippen LogP contribution in [0.15, 0.2) is 36.5 Å². The fraction of sp³-hybridized carbons (Fsp3) is 0.400. The summed E-state index contributed by atoms with van der Waals surface area (Å²) in [4.78, 5) is 4.33. The second-order valence-corrected chi connectivity index (χ2v) is 5.25. The van der Waals surface area contributed by atoms with Gasteiger partial charge in [-0.05, 0) is 43.1 Å². The molecule has 0 spiro atoms. The van der Waals surface area contributed by atoms with E-state index >= 15 is 0 Å². The Labute approximate surface area is 117 Å². The standard InChI is InChI=1S/C15H19BrN2/c16-8-2-1-3-9-17-12-13-6-7-15-14(11-13)5-4-10-18-15/h4-7,10-11,17H,1-3,8-9,12H2. The monoisotopic (exact) mass is 306 g/mol. The van der Waals surface area contributed by atoms with Crippen LogP contribution in [0.1, 0.15) is 24.8 Å². The van der Waals surface area contributed by atoms with Gasteiger partial charge in [0.25, 0.3) is 0 Å². The minimum Gasteiger partial charge on any atom is -0.313 e. The van der Waals surface area contributed by atoms with Crippen LogP contribution in [-0.4, -0.2) is 16.9 Å². The number of hydrogen-bond acceptors (Lipinski definition) is 2. The van der Waals surface area contributed by atoms with E-state index in [-0.39, 0.29) is 0 Å². The number of alkyl halides is 1. The van der Waals surface area contributed by atoms with Crippen LogP contribution >= 0.6 is 15.9 Å². The van der Waals surface area contributed by atoms with Gasteiger partial charge in [-0.3, -0.25) is 4.98 Å². The van der Waals surface area contributed by atoms with Crippen LogP contribution < -0.4 is 5.32 Å². The maximum absolute atomic E-state index is 4.33. The Bertz CT molecular complexity index is 485. The Kier molecular flexibility index (Phi) is 5.62. The Morgan fingerprint density at radius 2 is 2.06 bits per heavy atom. The molecule has 0 aliphatic carbocycles. The molecule has 2 nitrogen and oxygen atoms in total. The van der Waals surface area contributed by atoms with Crippen LogP contribution in [0.2, 0.25) is 0 Å². The zero-order valence-electron chi connectivity index (χ0n) is 10.5. The molecule has 0 fully saturated rings. The number of halogens is 1. The quantitative estimate of drug-likeness (QED) is 0.620. The minimum absolute atomic E-state index is 0.944. The smallest absolute Gasteiger partial charge is 0.0702 e. The molecular formula is C15H19BrN2. The van der Waals surface area contributed by atoms with Crippen molar-refractivity contribution in [2.45, 2.75) is 25.8 Å². The molecule has 0 aliphatic heterocycles. The summed E-state index contributed by atoms with van der Waals surface area (Å²) < 4.78 is 0. The van der Waals surface area contributed by atoms with Crippen molar-refractivity contribution in [2.75, 3.05) is 11.9 Å². The van der Waals surface area contributed by atoms with Gasteiger partial charge in [-0.15, -0.1) is 0 Å². The van der Waals surface area contributed by atoms with Crippen molar-refractivity contribution in [3.63, 3.8) is 0 Å². The van der Waals surface area contributed by atoms with Crippen molar-refractivity contribution in [3.05, 3.63) is 42.1 Å². The first kappa shape index (κ1) is 13.5. The second-order valence-electron chi connectivity index (χ2n) is 4.46. The third kappa shape index (κ3) is 4.07. The van der Waals surface area contributed by atoms with Gasteiger partial charge in [0.1, 0.15) is 0 Å². The number of nitrogens with zero attached hydrogens (tertiary/aromatic N) is 1. The van der Waals surface area contributed by atoms with E-state index in [1.54, 1.807) is 0 Å². The molecule has 0 aliphatic rings. The number of pyridine rings is 1. The first-order valence-electron chi connectivity index (χ1n) is 6.50. The molecule has 2 aromatic rings. The van der Waals surface area contributed by atoms with Crippen LogP contribution in [0.3, 0.4) is 0 Å². The van der Waals surface area contributed by atoms with Crippen molar-refractivity contribution in [2.24, 2.45) is 0 Å². The Morgan fingerprint density at radius 1 is 1.11 bits per heavy atom. The van der Waals surface area contributed by atoms with E-state index in [1.807, 2.05) is 12.3 Å². The average molecular weight is 307 g/mol. The molecule has 96 valence electrons. The first-order chi connectivity index (χ1) is 8.90. The lowest BCUT2D eigenvalue weighted by Crippen LogP contribution is -2.14. The van der Waals surface area contributed by atoms with Gasteiger partial charge < -0.3 is 5.32 Å². The SMILES string of the molecule is BrCCCCCNCc1ccc2ncccc2c1. The highest BCUT2D eigenvalue weighted by molar-refractivity contribution is 9.09. The molecular weight excluding hydrogens is 288 g/mol. The largest absolute Gasteiger partial charge is 0.313 e. The van der Waals surface area contributed by atoms with Crippen LogP contribution in [0.5, 0.6) is 0 Å². The number of nitrogens with one attached hydrogen (secondary N) is 1. The molecule has 0 amide bonds. The number of fused-ring (bicyclic) bond motifs is 1. The van der Waals surface area contributed by atoms with Crippen molar-refractivity contribution < 1.29 is 0 Å². The van der Waals surface area contributed by atoms with Gasteiger partial charge in [-0.25, -0.2) is 0 Å². The highest BCUT2D eigenvalue weighted by Crippen LogP contribution is 2.13. The Balaban J connectivity index is 1.81. The molecule has 1 aromatic carbocycles. The maximum atomic E-state index is 4.33. The molecule has 0 radical (unpaired) electrons. The number of hydrogen-bond donors (Lipinski definition) is 1. The fourth-order valence-corrected chi connectivity index (χ4v) is 2.39. The van der Waals surface area contributed by atoms with E-state index in [0.717, 1.165) is 23.9 Å². The van der Waals surface area contributed by atoms with Gasteiger partial charge in [-0.2, -0.15) is 0 Å². The maximum Gasteiger partial charge on any atom is 0.0702 e. The average Bonchev–Trinajstić information content (AvgIpc) is 2.42. The lowest BCUT2D eigenvalue weighted by Gasteiger charge is -2.05. The highest BCUT2D eigenvalue weighted by atomic mass is 79.9. The number of unbranched alkanes of at least 4 members (excludes halogenated alkanes) is 2. The van der Waals surface area contributed by atoms with E-state index in [9.17, 15) is 0 Å². The summed E-state index contributed by atoms with van der Waals surface area (Å²) in [6, 6.07) is 10.6. The van der Waals surface area contributed by atoms with E-state index in [4.69, 9.17) is 0 Å². The lowest BCUT2D eigenvalue weighted by molar-refractivity contribution is 0.619. The predicted molar refractivity (Wildman–Crippen MR) is 81.1 cm³/mol. The van der Waals surface area contributed by atoms with Gasteiger partial charge in [0, 0.05) is 23.5 Å². The van der Waals surface area contributed by atoms with Gasteiger partial charge in [0.15, 0.2) is 0 Å². The lowest BCUT2D eigenvalue weighted by atomic mass is 10.1. The number of aromatic nitrogens is 1. The summed E-state index contributed by atoms with van der Waals surface area (Å²) in [5, 5.41) is 5.82. The van der Waals surface area contributed by atoms with Crippen LogP contribution in [0.4, 0.5) is 0 Å². The normalized spacial score (nSPS) is 10.9. The second kappa shape index (κ2) is 7.49. The van der Waals surface area contributed by atoms with E-state index in [1.165, 1.54) is 30.2 Å². The van der Waals surface area contributed by atoms with Crippen molar-refractivity contribution in [1.29, 1.82) is 0 Å². The first-order valence-corrected chi connectivity index (χ1v) is 7.62. The van der Waals surface area contributed by atoms with Gasteiger partial charge in [0.2, 0.25) is 0 Å². The highest BCUT2D eigenvalue weighted by Gasteiger charge is 1.96. The van der Waals surface area contributed by atoms with Crippen molar-refractivity contribution >= 4 is 26.8 Å². The molecule has 1 heterocycles. The Hall–Kier alpha value is -0.930. The summed E-state index contributed by atoms with van der Waals surface area (Å²) in [6.07, 6.45) is 5.65. The van der Waals surface area contributed by atoms with Crippen LogP contribution in [0, 0.1) is 0 Å². The van der Waals surface area contributed by atoms with Crippen LogP contribution in [0.25, 0.3) is 10.9 Å². The van der Waals surface area contributed by atoms with Gasteiger partial charge >= 0.3 is 0 Å². The minimum atomic E-state index is 0.944. The number of benzene rings is 1. The van der Waals surface area contributed by atoms with Gasteiger partial charge in [0.05, 0.1) is 5.52 Å². The summed E-state index contributed by atoms with van der Waals surface area (Å²) in [6.45, 7) is 2.04. The summed E-state index contributed by atoms with van der Waals surface area (Å²) in [7, 11) is 0. The van der Waals surface area contributed by atoms with E-state index in [2.05, 4.69) is 50.5 Å². The summed E-state index contributed by atoms with van der Waals surface area (Å²) in [5.41, 5.74) is 2.40. The molecule has 18 heavy (non-hydrogen) atoms. The molecule has 1 N–H and O–H groups in total. The zero-order valence-corrected chi connectivity index (χ0v) is 12.1. The third-order valence-electron chi connectivity index (χ3n) is 2.98. The number of rotatable bonds is 7. The molecule has 0 unspecified atom stereocenters.